The van der Waals surface area contributed by atoms with Gasteiger partial charge in [0.15, 0.2) is 0 Å². The summed E-state index contributed by atoms with van der Waals surface area (Å²) in [5, 5.41) is 2.01. The fourth-order valence-electron chi connectivity index (χ4n) is 0.939. The summed E-state index contributed by atoms with van der Waals surface area (Å²) in [6.45, 7) is 1.97. The van der Waals surface area contributed by atoms with Gasteiger partial charge in [0.1, 0.15) is 4.83 Å². The van der Waals surface area contributed by atoms with Gasteiger partial charge in [-0.2, -0.15) is 0 Å². The van der Waals surface area contributed by atoms with Crippen LogP contribution >= 0.6 is 11.3 Å². The zero-order chi connectivity index (χ0) is 7.14. The number of hydrogen-bond donors (Lipinski definition) is 2. The monoisotopic (exact) mass is 154 g/mol. The van der Waals surface area contributed by atoms with E-state index in [0.29, 0.717) is 0 Å². The smallest absolute Gasteiger partial charge is 0.305 e. The number of aryl methyl sites for hydroxylation is 1. The minimum absolute atomic E-state index is 0.120. The minimum atomic E-state index is -0.120. The Kier molecular flexibility index (Phi) is 0.990. The molecule has 0 atom stereocenters. The van der Waals surface area contributed by atoms with Crippen LogP contribution in [-0.4, -0.2) is 9.97 Å². The van der Waals surface area contributed by atoms with E-state index < -0.39 is 0 Å². The van der Waals surface area contributed by atoms with Crippen molar-refractivity contribution in [1.29, 1.82) is 0 Å². The van der Waals surface area contributed by atoms with Gasteiger partial charge < -0.3 is 4.98 Å². The lowest BCUT2D eigenvalue weighted by atomic mass is 10.4. The van der Waals surface area contributed by atoms with Gasteiger partial charge >= 0.3 is 5.69 Å². The molecule has 0 bridgehead atoms. The van der Waals surface area contributed by atoms with Gasteiger partial charge in [-0.25, -0.2) is 4.79 Å². The predicted octanol–water partition coefficient (Wildman–Crippen LogP) is 1.23. The Morgan fingerprint density at radius 1 is 1.50 bits per heavy atom. The lowest BCUT2D eigenvalue weighted by Gasteiger charge is -1.76. The number of rotatable bonds is 0. The molecule has 4 heteroatoms. The quantitative estimate of drug-likeness (QED) is 0.589. The maximum atomic E-state index is 10.7. The Bertz CT molecular complexity index is 408. The fraction of sp³-hybridized carbons (Fsp3) is 0.167. The zero-order valence-electron chi connectivity index (χ0n) is 5.39. The van der Waals surface area contributed by atoms with E-state index in [4.69, 9.17) is 0 Å². The molecule has 0 aliphatic carbocycles. The molecule has 0 saturated carbocycles. The van der Waals surface area contributed by atoms with Crippen LogP contribution < -0.4 is 5.69 Å². The molecule has 0 aliphatic heterocycles. The standard InChI is InChI=1S/C6H6N2OS/c1-3-2-10-5-4(3)7-6(9)8-5/h2H,1H3,(H2,7,8,9). The lowest BCUT2D eigenvalue weighted by molar-refractivity contribution is 1.21. The third-order valence-electron chi connectivity index (χ3n) is 1.44. The summed E-state index contributed by atoms with van der Waals surface area (Å²) >= 11 is 1.55. The first-order valence-electron chi connectivity index (χ1n) is 2.93. The van der Waals surface area contributed by atoms with Gasteiger partial charge in [0.2, 0.25) is 0 Å². The summed E-state index contributed by atoms with van der Waals surface area (Å²) in [4.78, 5) is 17.0. The van der Waals surface area contributed by atoms with Crippen LogP contribution in [-0.2, 0) is 0 Å². The van der Waals surface area contributed by atoms with E-state index in [9.17, 15) is 4.79 Å². The van der Waals surface area contributed by atoms with E-state index in [-0.39, 0.29) is 5.69 Å². The summed E-state index contributed by atoms with van der Waals surface area (Å²) in [5.41, 5.74) is 1.94. The molecule has 0 spiro atoms. The predicted molar refractivity (Wildman–Crippen MR) is 41.5 cm³/mol. The average Bonchev–Trinajstić information content (AvgIpc) is 2.35. The number of nitrogens with one attached hydrogen (secondary N) is 2. The number of imidazole rings is 1. The molecule has 0 aliphatic rings. The largest absolute Gasteiger partial charge is 0.324 e. The van der Waals surface area contributed by atoms with Crippen molar-refractivity contribution in [2.75, 3.05) is 0 Å². The van der Waals surface area contributed by atoms with Crippen LogP contribution in [0.3, 0.4) is 0 Å². The van der Waals surface area contributed by atoms with Crippen LogP contribution in [0.15, 0.2) is 10.2 Å². The number of aromatic amines is 2. The van der Waals surface area contributed by atoms with Gasteiger partial charge in [-0.3, -0.25) is 4.98 Å². The van der Waals surface area contributed by atoms with Crippen molar-refractivity contribution in [3.63, 3.8) is 0 Å². The summed E-state index contributed by atoms with van der Waals surface area (Å²) in [6.07, 6.45) is 0. The molecule has 2 aromatic heterocycles. The maximum absolute atomic E-state index is 10.7. The third-order valence-corrected chi connectivity index (χ3v) is 2.45. The summed E-state index contributed by atoms with van der Waals surface area (Å²) in [6, 6.07) is 0. The van der Waals surface area contributed by atoms with Crippen LogP contribution in [0.5, 0.6) is 0 Å². The molecule has 3 nitrogen and oxygen atoms in total. The van der Waals surface area contributed by atoms with Crippen LogP contribution in [0.1, 0.15) is 5.56 Å². The van der Waals surface area contributed by atoms with Gasteiger partial charge in [-0.1, -0.05) is 0 Å². The molecular weight excluding hydrogens is 148 g/mol. The Morgan fingerprint density at radius 2 is 2.30 bits per heavy atom. The Labute approximate surface area is 60.7 Å². The minimum Gasteiger partial charge on any atom is -0.305 e. The highest BCUT2D eigenvalue weighted by atomic mass is 32.1. The first-order valence-corrected chi connectivity index (χ1v) is 3.81. The van der Waals surface area contributed by atoms with Crippen molar-refractivity contribution < 1.29 is 0 Å². The Morgan fingerprint density at radius 3 is 3.00 bits per heavy atom. The Hall–Kier alpha value is -1.03. The highest BCUT2D eigenvalue weighted by Gasteiger charge is 2.01. The highest BCUT2D eigenvalue weighted by Crippen LogP contribution is 2.19. The lowest BCUT2D eigenvalue weighted by Crippen LogP contribution is -1.99. The first kappa shape index (κ1) is 5.73. The molecular formula is C6H6N2OS. The van der Waals surface area contributed by atoms with Crippen molar-refractivity contribution in [1.82, 2.24) is 9.97 Å². The second-order valence-electron chi connectivity index (χ2n) is 2.20. The van der Waals surface area contributed by atoms with Crippen molar-refractivity contribution in [2.24, 2.45) is 0 Å². The van der Waals surface area contributed by atoms with Crippen LogP contribution in [0.4, 0.5) is 0 Å². The molecule has 0 fully saturated rings. The topological polar surface area (TPSA) is 48.6 Å². The molecule has 2 aromatic rings. The van der Waals surface area contributed by atoms with E-state index in [1.54, 1.807) is 11.3 Å². The highest BCUT2D eigenvalue weighted by molar-refractivity contribution is 7.16. The normalized spacial score (nSPS) is 10.9. The number of aromatic nitrogens is 2. The molecule has 0 radical (unpaired) electrons. The summed E-state index contributed by atoms with van der Waals surface area (Å²) in [5.74, 6) is 0. The summed E-state index contributed by atoms with van der Waals surface area (Å²) < 4.78 is 0. The van der Waals surface area contributed by atoms with E-state index in [1.807, 2.05) is 12.3 Å². The molecule has 0 unspecified atom stereocenters. The number of hydrogen-bond acceptors (Lipinski definition) is 2. The Balaban J connectivity index is 3.03. The third kappa shape index (κ3) is 0.623. The maximum Gasteiger partial charge on any atom is 0.324 e. The van der Waals surface area contributed by atoms with Gasteiger partial charge in [0.05, 0.1) is 5.52 Å². The SMILES string of the molecule is Cc1csc2[nH]c(=O)[nH]c12. The van der Waals surface area contributed by atoms with Crippen molar-refractivity contribution in [3.05, 3.63) is 21.4 Å². The van der Waals surface area contributed by atoms with Gasteiger partial charge in [-0.05, 0) is 17.9 Å². The molecule has 2 rings (SSSR count). The first-order chi connectivity index (χ1) is 4.77. The molecule has 2 heterocycles. The average molecular weight is 154 g/mol. The molecule has 52 valence electrons. The zero-order valence-corrected chi connectivity index (χ0v) is 6.21. The van der Waals surface area contributed by atoms with Crippen molar-refractivity contribution in [2.45, 2.75) is 6.92 Å². The fourth-order valence-corrected chi connectivity index (χ4v) is 1.83. The summed E-state index contributed by atoms with van der Waals surface area (Å²) in [7, 11) is 0. The van der Waals surface area contributed by atoms with E-state index in [1.165, 1.54) is 0 Å². The van der Waals surface area contributed by atoms with Gasteiger partial charge in [0.25, 0.3) is 0 Å². The molecule has 0 aromatic carbocycles. The van der Waals surface area contributed by atoms with Crippen LogP contribution in [0, 0.1) is 6.92 Å². The molecule has 10 heavy (non-hydrogen) atoms. The molecule has 0 saturated heterocycles. The number of fused-ring (bicyclic) bond motifs is 1. The van der Waals surface area contributed by atoms with Crippen molar-refractivity contribution in [3.8, 4) is 0 Å². The van der Waals surface area contributed by atoms with Crippen molar-refractivity contribution >= 4 is 21.7 Å². The van der Waals surface area contributed by atoms with E-state index >= 15 is 0 Å². The van der Waals surface area contributed by atoms with Crippen LogP contribution in [0.25, 0.3) is 10.3 Å². The van der Waals surface area contributed by atoms with Gasteiger partial charge in [0, 0.05) is 0 Å². The number of thiophene rings is 1. The van der Waals surface area contributed by atoms with E-state index in [2.05, 4.69) is 9.97 Å². The number of H-pyrrole nitrogens is 2. The second-order valence-corrected chi connectivity index (χ2v) is 3.08. The second kappa shape index (κ2) is 1.73. The molecule has 0 amide bonds. The molecule has 2 N–H and O–H groups in total. The van der Waals surface area contributed by atoms with Crippen LogP contribution in [0.2, 0.25) is 0 Å². The van der Waals surface area contributed by atoms with E-state index in [0.717, 1.165) is 15.9 Å². The van der Waals surface area contributed by atoms with Gasteiger partial charge in [-0.15, -0.1) is 11.3 Å².